The zero-order valence-corrected chi connectivity index (χ0v) is 12.4. The Balaban J connectivity index is 1.97. The molecule has 0 saturated carbocycles. The number of carbonyl (C=O) groups excluding carboxylic acids is 2. The van der Waals surface area contributed by atoms with Gasteiger partial charge in [0.05, 0.1) is 27.6 Å². The van der Waals surface area contributed by atoms with Crippen molar-refractivity contribution in [2.75, 3.05) is 4.90 Å². The monoisotopic (exact) mass is 309 g/mol. The highest BCUT2D eigenvalue weighted by Gasteiger charge is 2.48. The molecular weight excluding hydrogens is 297 g/mol. The molecule has 1 saturated heterocycles. The van der Waals surface area contributed by atoms with Crippen LogP contribution in [0.5, 0.6) is 0 Å². The molecule has 1 heterocycles. The summed E-state index contributed by atoms with van der Waals surface area (Å²) >= 11 is 11.8. The summed E-state index contributed by atoms with van der Waals surface area (Å²) in [5, 5.41) is 0.749. The molecule has 104 valence electrons. The van der Waals surface area contributed by atoms with Gasteiger partial charge in [-0.25, -0.2) is 4.90 Å². The van der Waals surface area contributed by atoms with E-state index in [4.69, 9.17) is 23.2 Å². The summed E-state index contributed by atoms with van der Waals surface area (Å²) in [5.74, 6) is -0.740. The number of imide groups is 1. The molecule has 2 aliphatic rings. The number of hydrogen-bond acceptors (Lipinski definition) is 2. The molecule has 3 nitrogen and oxygen atoms in total. The largest absolute Gasteiger partial charge is 0.274 e. The normalized spacial score (nSPS) is 25.8. The van der Waals surface area contributed by atoms with Gasteiger partial charge in [0.15, 0.2) is 0 Å². The van der Waals surface area contributed by atoms with Crippen LogP contribution in [0.1, 0.15) is 19.8 Å². The van der Waals surface area contributed by atoms with Gasteiger partial charge in [-0.15, -0.1) is 0 Å². The first kappa shape index (κ1) is 13.7. The molecule has 5 heteroatoms. The van der Waals surface area contributed by atoms with Crippen LogP contribution in [0.25, 0.3) is 0 Å². The van der Waals surface area contributed by atoms with Crippen LogP contribution in [0.3, 0.4) is 0 Å². The minimum atomic E-state index is -0.236. The smallest absolute Gasteiger partial charge is 0.238 e. The molecule has 1 aliphatic carbocycles. The van der Waals surface area contributed by atoms with Crippen LogP contribution >= 0.6 is 23.2 Å². The highest BCUT2D eigenvalue weighted by atomic mass is 35.5. The molecule has 2 amide bonds. The van der Waals surface area contributed by atoms with E-state index in [-0.39, 0.29) is 23.7 Å². The van der Waals surface area contributed by atoms with Crippen LogP contribution in [-0.4, -0.2) is 11.8 Å². The topological polar surface area (TPSA) is 37.4 Å². The maximum atomic E-state index is 12.5. The van der Waals surface area contributed by atoms with Crippen molar-refractivity contribution < 1.29 is 9.59 Å². The quantitative estimate of drug-likeness (QED) is 0.584. The molecule has 1 aromatic carbocycles. The second-order valence-electron chi connectivity index (χ2n) is 5.31. The minimum Gasteiger partial charge on any atom is -0.274 e. The molecule has 0 bridgehead atoms. The zero-order valence-electron chi connectivity index (χ0n) is 10.9. The Labute approximate surface area is 127 Å². The molecule has 20 heavy (non-hydrogen) atoms. The van der Waals surface area contributed by atoms with E-state index in [1.165, 1.54) is 10.5 Å². The standard InChI is InChI=1S/C15H13Cl2NO2/c1-8-2-4-10-11(6-8)15(20)18(14(10)19)9-3-5-12(16)13(17)7-9/h2-3,5,7,10-11H,4,6H2,1H3. The lowest BCUT2D eigenvalue weighted by Gasteiger charge is -2.18. The van der Waals surface area contributed by atoms with E-state index in [1.54, 1.807) is 18.2 Å². The molecule has 1 fully saturated rings. The third-order valence-electron chi connectivity index (χ3n) is 3.98. The predicted molar refractivity (Wildman–Crippen MR) is 78.9 cm³/mol. The number of amides is 2. The summed E-state index contributed by atoms with van der Waals surface area (Å²) in [7, 11) is 0. The van der Waals surface area contributed by atoms with Crippen LogP contribution < -0.4 is 4.90 Å². The highest BCUT2D eigenvalue weighted by molar-refractivity contribution is 6.42. The lowest BCUT2D eigenvalue weighted by molar-refractivity contribution is -0.122. The van der Waals surface area contributed by atoms with Crippen LogP contribution in [0.15, 0.2) is 29.8 Å². The van der Waals surface area contributed by atoms with Crippen molar-refractivity contribution in [1.29, 1.82) is 0 Å². The van der Waals surface area contributed by atoms with Gasteiger partial charge in [-0.3, -0.25) is 9.59 Å². The number of benzene rings is 1. The number of rotatable bonds is 1. The molecule has 0 aromatic heterocycles. The van der Waals surface area contributed by atoms with Gasteiger partial charge in [0.2, 0.25) is 11.8 Å². The van der Waals surface area contributed by atoms with Gasteiger partial charge in [0.1, 0.15) is 0 Å². The first-order valence-electron chi connectivity index (χ1n) is 6.47. The Morgan fingerprint density at radius 1 is 1.10 bits per heavy atom. The Hall–Kier alpha value is -1.32. The summed E-state index contributed by atoms with van der Waals surface area (Å²) in [6.45, 7) is 2.00. The average molecular weight is 310 g/mol. The average Bonchev–Trinajstić information content (AvgIpc) is 2.65. The van der Waals surface area contributed by atoms with Crippen molar-refractivity contribution >= 4 is 40.7 Å². The molecule has 0 spiro atoms. The molecular formula is C15H13Cl2NO2. The third kappa shape index (κ3) is 2.05. The Kier molecular flexibility index (Phi) is 3.35. The van der Waals surface area contributed by atoms with Gasteiger partial charge >= 0.3 is 0 Å². The minimum absolute atomic E-state index is 0.133. The lowest BCUT2D eigenvalue weighted by Crippen LogP contribution is -2.30. The van der Waals surface area contributed by atoms with E-state index < -0.39 is 0 Å². The Bertz CT molecular complexity index is 639. The second kappa shape index (κ2) is 4.90. The van der Waals surface area contributed by atoms with Crippen LogP contribution in [0, 0.1) is 11.8 Å². The predicted octanol–water partition coefficient (Wildman–Crippen LogP) is 3.84. The number of nitrogens with zero attached hydrogens (tertiary/aromatic N) is 1. The van der Waals surface area contributed by atoms with Gasteiger partial charge in [0.25, 0.3) is 0 Å². The number of allylic oxidation sites excluding steroid dienone is 2. The Morgan fingerprint density at radius 2 is 1.80 bits per heavy atom. The van der Waals surface area contributed by atoms with E-state index in [0.29, 0.717) is 28.6 Å². The summed E-state index contributed by atoms with van der Waals surface area (Å²) in [4.78, 5) is 26.2. The lowest BCUT2D eigenvalue weighted by atomic mass is 9.82. The van der Waals surface area contributed by atoms with E-state index in [9.17, 15) is 9.59 Å². The zero-order chi connectivity index (χ0) is 14.4. The van der Waals surface area contributed by atoms with E-state index >= 15 is 0 Å². The summed E-state index contributed by atoms with van der Waals surface area (Å²) in [5.41, 5.74) is 1.67. The first-order chi connectivity index (χ1) is 9.49. The Morgan fingerprint density at radius 3 is 2.50 bits per heavy atom. The fourth-order valence-electron chi connectivity index (χ4n) is 2.92. The van der Waals surface area contributed by atoms with E-state index in [1.807, 2.05) is 13.0 Å². The summed E-state index contributed by atoms with van der Waals surface area (Å²) in [6.07, 6.45) is 3.34. The molecule has 0 N–H and O–H groups in total. The van der Waals surface area contributed by atoms with Crippen molar-refractivity contribution in [3.63, 3.8) is 0 Å². The van der Waals surface area contributed by atoms with Crippen molar-refractivity contribution in [1.82, 2.24) is 0 Å². The van der Waals surface area contributed by atoms with Crippen molar-refractivity contribution in [3.05, 3.63) is 39.9 Å². The fourth-order valence-corrected chi connectivity index (χ4v) is 3.21. The van der Waals surface area contributed by atoms with Gasteiger partial charge in [-0.05, 0) is 38.0 Å². The van der Waals surface area contributed by atoms with Gasteiger partial charge in [-0.2, -0.15) is 0 Å². The van der Waals surface area contributed by atoms with Crippen LogP contribution in [0.4, 0.5) is 5.69 Å². The van der Waals surface area contributed by atoms with Crippen molar-refractivity contribution in [2.45, 2.75) is 19.8 Å². The van der Waals surface area contributed by atoms with Crippen LogP contribution in [-0.2, 0) is 9.59 Å². The molecule has 3 rings (SSSR count). The number of hydrogen-bond donors (Lipinski definition) is 0. The highest BCUT2D eigenvalue weighted by Crippen LogP contribution is 2.40. The van der Waals surface area contributed by atoms with Crippen molar-refractivity contribution in [2.24, 2.45) is 11.8 Å². The van der Waals surface area contributed by atoms with Gasteiger partial charge in [-0.1, -0.05) is 34.9 Å². The first-order valence-corrected chi connectivity index (χ1v) is 7.23. The van der Waals surface area contributed by atoms with Gasteiger partial charge in [0, 0.05) is 0 Å². The second-order valence-corrected chi connectivity index (χ2v) is 6.13. The molecule has 1 aliphatic heterocycles. The maximum Gasteiger partial charge on any atom is 0.238 e. The molecule has 2 unspecified atom stereocenters. The van der Waals surface area contributed by atoms with Gasteiger partial charge < -0.3 is 0 Å². The molecule has 0 radical (unpaired) electrons. The number of halogens is 2. The SMILES string of the molecule is CC1=CCC2C(=O)N(c3ccc(Cl)c(Cl)c3)C(=O)C2C1. The van der Waals surface area contributed by atoms with E-state index in [2.05, 4.69) is 0 Å². The summed E-state index contributed by atoms with van der Waals surface area (Å²) in [6, 6.07) is 4.82. The fraction of sp³-hybridized carbons (Fsp3) is 0.333. The van der Waals surface area contributed by atoms with Crippen molar-refractivity contribution in [3.8, 4) is 0 Å². The molecule has 1 aromatic rings. The maximum absolute atomic E-state index is 12.5. The third-order valence-corrected chi connectivity index (χ3v) is 4.72. The number of fused-ring (bicyclic) bond motifs is 1. The van der Waals surface area contributed by atoms with E-state index in [0.717, 1.165) is 0 Å². The summed E-state index contributed by atoms with van der Waals surface area (Å²) < 4.78 is 0. The number of anilines is 1. The molecule has 2 atom stereocenters. The number of carbonyl (C=O) groups is 2. The van der Waals surface area contributed by atoms with Crippen LogP contribution in [0.2, 0.25) is 10.0 Å².